The van der Waals surface area contributed by atoms with Crippen molar-refractivity contribution in [3.63, 3.8) is 0 Å². The largest absolute Gasteiger partial charge is 0.454 e. The lowest BCUT2D eigenvalue weighted by Gasteiger charge is -2.34. The first-order valence-corrected chi connectivity index (χ1v) is 7.17. The quantitative estimate of drug-likeness (QED) is 0.914. The van der Waals surface area contributed by atoms with Gasteiger partial charge in [-0.3, -0.25) is 9.69 Å². The number of carbonyl (C=O) groups excluding carboxylic acids is 1. The number of carbonyl (C=O) groups is 1. The molecule has 0 radical (unpaired) electrons. The molecule has 6 nitrogen and oxygen atoms in total. The van der Waals surface area contributed by atoms with Gasteiger partial charge in [0.25, 0.3) is 0 Å². The number of rotatable bonds is 3. The predicted molar refractivity (Wildman–Crippen MR) is 77.6 cm³/mol. The first-order valence-electron chi connectivity index (χ1n) is 7.17. The fraction of sp³-hybridized carbons (Fsp3) is 0.533. The predicted octanol–water partition coefficient (Wildman–Crippen LogP) is 1.46. The van der Waals surface area contributed by atoms with Crippen molar-refractivity contribution in [3.8, 4) is 11.5 Å². The first kappa shape index (κ1) is 14.2. The maximum Gasteiger partial charge on any atom is 0.238 e. The SMILES string of the molecule is C[C@H]1CN(CC(=O)Nc2ccc3c(c2)OCO3)C[C@H](C)O1. The third kappa shape index (κ3) is 3.46. The van der Waals surface area contributed by atoms with E-state index in [1.807, 2.05) is 19.9 Å². The zero-order chi connectivity index (χ0) is 14.8. The van der Waals surface area contributed by atoms with Gasteiger partial charge < -0.3 is 19.5 Å². The van der Waals surface area contributed by atoms with Crippen LogP contribution < -0.4 is 14.8 Å². The fourth-order valence-electron chi connectivity index (χ4n) is 2.79. The van der Waals surface area contributed by atoms with Crippen LogP contribution in [-0.2, 0) is 9.53 Å². The first-order chi connectivity index (χ1) is 10.1. The summed E-state index contributed by atoms with van der Waals surface area (Å²) in [7, 11) is 0. The van der Waals surface area contributed by atoms with Gasteiger partial charge in [0, 0.05) is 24.8 Å². The van der Waals surface area contributed by atoms with Gasteiger partial charge >= 0.3 is 0 Å². The van der Waals surface area contributed by atoms with Gasteiger partial charge in [0.05, 0.1) is 18.8 Å². The van der Waals surface area contributed by atoms with Crippen molar-refractivity contribution in [2.24, 2.45) is 0 Å². The van der Waals surface area contributed by atoms with Crippen molar-refractivity contribution in [2.75, 3.05) is 31.7 Å². The third-order valence-corrected chi connectivity index (χ3v) is 3.52. The summed E-state index contributed by atoms with van der Waals surface area (Å²) in [4.78, 5) is 14.2. The number of ether oxygens (including phenoxy) is 3. The van der Waals surface area contributed by atoms with Gasteiger partial charge in [0.15, 0.2) is 11.5 Å². The van der Waals surface area contributed by atoms with Crippen LogP contribution in [0, 0.1) is 0 Å². The summed E-state index contributed by atoms with van der Waals surface area (Å²) in [6, 6.07) is 5.40. The molecule has 2 aliphatic rings. The van der Waals surface area contributed by atoms with Crippen molar-refractivity contribution in [2.45, 2.75) is 26.1 Å². The zero-order valence-electron chi connectivity index (χ0n) is 12.3. The van der Waals surface area contributed by atoms with Crippen LogP contribution in [0.3, 0.4) is 0 Å². The summed E-state index contributed by atoms with van der Waals surface area (Å²) >= 11 is 0. The fourth-order valence-corrected chi connectivity index (χ4v) is 2.79. The maximum atomic E-state index is 12.1. The van der Waals surface area contributed by atoms with E-state index in [2.05, 4.69) is 10.2 Å². The Morgan fingerprint density at radius 2 is 1.95 bits per heavy atom. The molecule has 1 amide bonds. The molecule has 6 heteroatoms. The number of amides is 1. The topological polar surface area (TPSA) is 60.0 Å². The van der Waals surface area contributed by atoms with Gasteiger partial charge in [-0.25, -0.2) is 0 Å². The van der Waals surface area contributed by atoms with Crippen LogP contribution in [0.4, 0.5) is 5.69 Å². The van der Waals surface area contributed by atoms with E-state index >= 15 is 0 Å². The number of benzene rings is 1. The molecule has 0 bridgehead atoms. The Labute approximate surface area is 124 Å². The molecule has 0 aliphatic carbocycles. The average Bonchev–Trinajstić information content (AvgIpc) is 2.84. The lowest BCUT2D eigenvalue weighted by Crippen LogP contribution is -2.48. The van der Waals surface area contributed by atoms with Gasteiger partial charge in [-0.15, -0.1) is 0 Å². The number of hydrogen-bond donors (Lipinski definition) is 1. The second-order valence-electron chi connectivity index (χ2n) is 5.57. The van der Waals surface area contributed by atoms with Gasteiger partial charge in [-0.05, 0) is 26.0 Å². The van der Waals surface area contributed by atoms with E-state index in [-0.39, 0.29) is 24.9 Å². The highest BCUT2D eigenvalue weighted by atomic mass is 16.7. The molecule has 21 heavy (non-hydrogen) atoms. The lowest BCUT2D eigenvalue weighted by atomic mass is 10.2. The minimum Gasteiger partial charge on any atom is -0.454 e. The Morgan fingerprint density at radius 3 is 2.71 bits per heavy atom. The average molecular weight is 292 g/mol. The second kappa shape index (κ2) is 5.91. The molecule has 1 fully saturated rings. The number of hydrogen-bond acceptors (Lipinski definition) is 5. The Morgan fingerprint density at radius 1 is 1.24 bits per heavy atom. The van der Waals surface area contributed by atoms with Crippen LogP contribution in [0.2, 0.25) is 0 Å². The summed E-state index contributed by atoms with van der Waals surface area (Å²) in [5.74, 6) is 1.35. The number of morpholine rings is 1. The summed E-state index contributed by atoms with van der Waals surface area (Å²) in [5, 5.41) is 2.89. The second-order valence-corrected chi connectivity index (χ2v) is 5.57. The summed E-state index contributed by atoms with van der Waals surface area (Å²) < 4.78 is 16.2. The molecule has 2 aliphatic heterocycles. The van der Waals surface area contributed by atoms with Crippen LogP contribution in [0.15, 0.2) is 18.2 Å². The van der Waals surface area contributed by atoms with E-state index in [9.17, 15) is 4.79 Å². The highest BCUT2D eigenvalue weighted by Gasteiger charge is 2.23. The third-order valence-electron chi connectivity index (χ3n) is 3.52. The molecule has 1 N–H and O–H groups in total. The van der Waals surface area contributed by atoms with Crippen molar-refractivity contribution < 1.29 is 19.0 Å². The van der Waals surface area contributed by atoms with E-state index in [4.69, 9.17) is 14.2 Å². The van der Waals surface area contributed by atoms with E-state index in [1.165, 1.54) is 0 Å². The number of anilines is 1. The van der Waals surface area contributed by atoms with Crippen LogP contribution in [0.25, 0.3) is 0 Å². The molecule has 114 valence electrons. The summed E-state index contributed by atoms with van der Waals surface area (Å²) in [6.45, 7) is 6.21. The van der Waals surface area contributed by atoms with E-state index < -0.39 is 0 Å². The lowest BCUT2D eigenvalue weighted by molar-refractivity contribution is -0.121. The minimum atomic E-state index is -0.0323. The number of nitrogens with zero attached hydrogens (tertiary/aromatic N) is 1. The van der Waals surface area contributed by atoms with Crippen molar-refractivity contribution in [1.29, 1.82) is 0 Å². The monoisotopic (exact) mass is 292 g/mol. The van der Waals surface area contributed by atoms with Crippen molar-refractivity contribution in [1.82, 2.24) is 4.90 Å². The highest BCUT2D eigenvalue weighted by Crippen LogP contribution is 2.34. The molecule has 1 saturated heterocycles. The molecule has 2 atom stereocenters. The van der Waals surface area contributed by atoms with Crippen molar-refractivity contribution >= 4 is 11.6 Å². The molecular formula is C15H20N2O4. The highest BCUT2D eigenvalue weighted by molar-refractivity contribution is 5.92. The molecule has 1 aromatic carbocycles. The van der Waals surface area contributed by atoms with E-state index in [0.29, 0.717) is 18.0 Å². The smallest absolute Gasteiger partial charge is 0.238 e. The minimum absolute atomic E-state index is 0.0323. The summed E-state index contributed by atoms with van der Waals surface area (Å²) in [5.41, 5.74) is 0.721. The Hall–Kier alpha value is -1.79. The van der Waals surface area contributed by atoms with Gasteiger partial charge in [0.1, 0.15) is 0 Å². The molecule has 3 rings (SSSR count). The molecule has 0 aromatic heterocycles. The van der Waals surface area contributed by atoms with Gasteiger partial charge in [-0.1, -0.05) is 0 Å². The number of fused-ring (bicyclic) bond motifs is 1. The van der Waals surface area contributed by atoms with Crippen LogP contribution in [0.1, 0.15) is 13.8 Å². The maximum absolute atomic E-state index is 12.1. The van der Waals surface area contributed by atoms with Gasteiger partial charge in [0.2, 0.25) is 12.7 Å². The zero-order valence-corrected chi connectivity index (χ0v) is 12.3. The molecule has 2 heterocycles. The number of nitrogens with one attached hydrogen (secondary N) is 1. The summed E-state index contributed by atoms with van der Waals surface area (Å²) in [6.07, 6.45) is 0.319. The normalized spacial score (nSPS) is 24.9. The molecule has 1 aromatic rings. The molecule has 0 saturated carbocycles. The van der Waals surface area contributed by atoms with Gasteiger partial charge in [-0.2, -0.15) is 0 Å². The van der Waals surface area contributed by atoms with Crippen molar-refractivity contribution in [3.05, 3.63) is 18.2 Å². The molecular weight excluding hydrogens is 272 g/mol. The van der Waals surface area contributed by atoms with E-state index in [1.54, 1.807) is 12.1 Å². The Kier molecular flexibility index (Phi) is 3.98. The Balaban J connectivity index is 1.56. The molecule has 0 unspecified atom stereocenters. The van der Waals surface area contributed by atoms with Crippen LogP contribution >= 0.6 is 0 Å². The van der Waals surface area contributed by atoms with Crippen LogP contribution in [-0.4, -0.2) is 49.4 Å². The molecule has 0 spiro atoms. The van der Waals surface area contributed by atoms with Crippen LogP contribution in [0.5, 0.6) is 11.5 Å². The van der Waals surface area contributed by atoms with E-state index in [0.717, 1.165) is 18.8 Å². The Bertz CT molecular complexity index is 524. The standard InChI is InChI=1S/C15H20N2O4/c1-10-6-17(7-11(2)21-10)8-15(18)16-12-3-4-13-14(5-12)20-9-19-13/h3-5,10-11H,6-9H2,1-2H3,(H,16,18)/t10-,11-/m0/s1.